The van der Waals surface area contributed by atoms with E-state index in [4.69, 9.17) is 9.97 Å². The molecule has 1 aliphatic carbocycles. The van der Waals surface area contributed by atoms with Gasteiger partial charge in [0.1, 0.15) is 18.5 Å². The van der Waals surface area contributed by atoms with Gasteiger partial charge in [-0.05, 0) is 49.5 Å². The van der Waals surface area contributed by atoms with Crippen molar-refractivity contribution in [3.63, 3.8) is 0 Å². The molecule has 9 nitrogen and oxygen atoms in total. The van der Waals surface area contributed by atoms with E-state index in [1.807, 2.05) is 9.58 Å². The molecule has 2 aliphatic heterocycles. The Morgan fingerprint density at radius 3 is 2.72 bits per heavy atom. The highest BCUT2D eigenvalue weighted by Crippen LogP contribution is 2.42. The molecule has 2 aromatic rings. The Morgan fingerprint density at radius 1 is 1.22 bits per heavy atom. The average Bonchev–Trinajstić information content (AvgIpc) is 3.46. The molecule has 0 aromatic carbocycles. The van der Waals surface area contributed by atoms with Crippen LogP contribution < -0.4 is 10.2 Å². The standard InChI is InChI=1S/C27H40N8O/c1-6-23(36)34-15-27(16-34)9-10-33(14-27)25-31-22-12-26(4,5)8-7-21(22)24(32-25)30-20(11-19(2)3)13-35-18-28-17-29-35/h6,17-20H,1,7-16H2,2-5H3,(H,30,31,32)/t20-/m0/s1. The van der Waals surface area contributed by atoms with Crippen LogP contribution in [0.2, 0.25) is 0 Å². The van der Waals surface area contributed by atoms with Crippen molar-refractivity contribution < 1.29 is 4.79 Å². The molecule has 2 aromatic heterocycles. The summed E-state index contributed by atoms with van der Waals surface area (Å²) in [7, 11) is 0. The zero-order valence-corrected chi connectivity index (χ0v) is 22.2. The Morgan fingerprint density at radius 2 is 2.03 bits per heavy atom. The van der Waals surface area contributed by atoms with Gasteiger partial charge in [0.25, 0.3) is 0 Å². The summed E-state index contributed by atoms with van der Waals surface area (Å²) in [5, 5.41) is 8.15. The maximum Gasteiger partial charge on any atom is 0.245 e. The molecule has 194 valence electrons. The minimum atomic E-state index is 0.0291. The topological polar surface area (TPSA) is 92.1 Å². The van der Waals surface area contributed by atoms with Crippen LogP contribution in [0.4, 0.5) is 11.8 Å². The van der Waals surface area contributed by atoms with Gasteiger partial charge >= 0.3 is 0 Å². The van der Waals surface area contributed by atoms with E-state index < -0.39 is 0 Å². The number of hydrogen-bond donors (Lipinski definition) is 1. The second-order valence-corrected chi connectivity index (χ2v) is 12.3. The minimum Gasteiger partial charge on any atom is -0.365 e. The van der Waals surface area contributed by atoms with Gasteiger partial charge < -0.3 is 15.1 Å². The van der Waals surface area contributed by atoms with Gasteiger partial charge in [0.05, 0.1) is 12.2 Å². The summed E-state index contributed by atoms with van der Waals surface area (Å²) in [4.78, 5) is 30.6. The summed E-state index contributed by atoms with van der Waals surface area (Å²) in [6.45, 7) is 17.0. The van der Waals surface area contributed by atoms with Crippen LogP contribution in [0.1, 0.15) is 58.2 Å². The van der Waals surface area contributed by atoms with Crippen molar-refractivity contribution in [2.75, 3.05) is 36.4 Å². The van der Waals surface area contributed by atoms with Crippen molar-refractivity contribution in [2.24, 2.45) is 16.7 Å². The summed E-state index contributed by atoms with van der Waals surface area (Å²) in [5.74, 6) is 2.37. The van der Waals surface area contributed by atoms with Crippen LogP contribution in [0.15, 0.2) is 25.3 Å². The lowest BCUT2D eigenvalue weighted by atomic mass is 9.76. The van der Waals surface area contributed by atoms with E-state index in [-0.39, 0.29) is 22.8 Å². The normalized spacial score (nSPS) is 20.8. The fourth-order valence-electron chi connectivity index (χ4n) is 6.10. The summed E-state index contributed by atoms with van der Waals surface area (Å²) in [6.07, 6.45) is 9.95. The van der Waals surface area contributed by atoms with Gasteiger partial charge in [-0.1, -0.05) is 34.3 Å². The van der Waals surface area contributed by atoms with Crippen LogP contribution in [0.25, 0.3) is 0 Å². The van der Waals surface area contributed by atoms with E-state index in [1.165, 1.54) is 17.3 Å². The van der Waals surface area contributed by atoms with E-state index in [0.717, 1.165) is 76.6 Å². The van der Waals surface area contributed by atoms with Gasteiger partial charge in [0.2, 0.25) is 11.9 Å². The highest BCUT2D eigenvalue weighted by atomic mass is 16.2. The molecule has 0 radical (unpaired) electrons. The van der Waals surface area contributed by atoms with Crippen molar-refractivity contribution in [3.05, 3.63) is 36.6 Å². The number of nitrogens with one attached hydrogen (secondary N) is 1. The predicted octanol–water partition coefficient (Wildman–Crippen LogP) is 3.33. The van der Waals surface area contributed by atoms with E-state index in [2.05, 4.69) is 54.6 Å². The van der Waals surface area contributed by atoms with E-state index in [1.54, 1.807) is 12.7 Å². The zero-order valence-electron chi connectivity index (χ0n) is 22.2. The molecule has 2 saturated heterocycles. The Balaban J connectivity index is 1.40. The third-order valence-electron chi connectivity index (χ3n) is 8.01. The molecule has 1 atom stereocenters. The lowest BCUT2D eigenvalue weighted by molar-refractivity contribution is -0.136. The SMILES string of the molecule is C=CC(=O)N1CC2(CCN(c3nc4c(c(N[C@@H](CC(C)C)Cn5cncn5)n3)CCC(C)(C)C4)C2)C1. The predicted molar refractivity (Wildman–Crippen MR) is 141 cm³/mol. The number of hydrogen-bond acceptors (Lipinski definition) is 7. The maximum absolute atomic E-state index is 12.0. The number of amides is 1. The number of fused-ring (bicyclic) bond motifs is 1. The fourth-order valence-corrected chi connectivity index (χ4v) is 6.10. The second-order valence-electron chi connectivity index (χ2n) is 12.3. The van der Waals surface area contributed by atoms with Crippen molar-refractivity contribution >= 4 is 17.7 Å². The van der Waals surface area contributed by atoms with Crippen LogP contribution in [0, 0.1) is 16.7 Å². The molecule has 0 bridgehead atoms. The average molecular weight is 493 g/mol. The van der Waals surface area contributed by atoms with E-state index in [0.29, 0.717) is 5.92 Å². The fraction of sp³-hybridized carbons (Fsp3) is 0.667. The van der Waals surface area contributed by atoms with Gasteiger partial charge in [-0.15, -0.1) is 0 Å². The molecule has 3 aliphatic rings. The molecule has 1 amide bonds. The molecule has 1 spiro atoms. The first-order chi connectivity index (χ1) is 17.2. The number of carbonyl (C=O) groups excluding carboxylic acids is 1. The number of anilines is 2. The largest absolute Gasteiger partial charge is 0.365 e. The Kier molecular flexibility index (Phi) is 6.51. The third kappa shape index (κ3) is 5.11. The van der Waals surface area contributed by atoms with E-state index in [9.17, 15) is 4.79 Å². The van der Waals surface area contributed by atoms with Crippen molar-refractivity contribution in [2.45, 2.75) is 72.4 Å². The zero-order chi connectivity index (χ0) is 25.5. The first-order valence-electron chi connectivity index (χ1n) is 13.3. The van der Waals surface area contributed by atoms with Crippen molar-refractivity contribution in [1.82, 2.24) is 29.6 Å². The van der Waals surface area contributed by atoms with Gasteiger partial charge in [-0.3, -0.25) is 9.48 Å². The summed E-state index contributed by atoms with van der Waals surface area (Å²) >= 11 is 0. The Bertz CT molecular complexity index is 1100. The van der Waals surface area contributed by atoms with Gasteiger partial charge in [0.15, 0.2) is 0 Å². The minimum absolute atomic E-state index is 0.0291. The lowest BCUT2D eigenvalue weighted by Crippen LogP contribution is -2.59. The van der Waals surface area contributed by atoms with Gasteiger partial charge in [-0.25, -0.2) is 9.97 Å². The summed E-state index contributed by atoms with van der Waals surface area (Å²) < 4.78 is 1.90. The molecule has 5 rings (SSSR count). The van der Waals surface area contributed by atoms with Crippen LogP contribution in [0.3, 0.4) is 0 Å². The van der Waals surface area contributed by atoms with Gasteiger partial charge in [0, 0.05) is 43.2 Å². The third-order valence-corrected chi connectivity index (χ3v) is 8.01. The van der Waals surface area contributed by atoms with Crippen LogP contribution in [0.5, 0.6) is 0 Å². The van der Waals surface area contributed by atoms with Crippen molar-refractivity contribution in [1.29, 1.82) is 0 Å². The molecule has 4 heterocycles. The number of carbonyl (C=O) groups is 1. The molecule has 0 saturated carbocycles. The first kappa shape index (κ1) is 24.7. The highest BCUT2D eigenvalue weighted by molar-refractivity contribution is 5.87. The lowest BCUT2D eigenvalue weighted by Gasteiger charge is -2.47. The van der Waals surface area contributed by atoms with Crippen LogP contribution >= 0.6 is 0 Å². The number of likely N-dealkylation sites (tertiary alicyclic amines) is 1. The Labute approximate surface area is 214 Å². The molecular weight excluding hydrogens is 452 g/mol. The van der Waals surface area contributed by atoms with Crippen molar-refractivity contribution in [3.8, 4) is 0 Å². The molecule has 0 unspecified atom stereocenters. The molecule has 36 heavy (non-hydrogen) atoms. The smallest absolute Gasteiger partial charge is 0.245 e. The summed E-state index contributed by atoms with van der Waals surface area (Å²) in [6, 6.07) is 0.198. The van der Waals surface area contributed by atoms with Gasteiger partial charge in [-0.2, -0.15) is 10.1 Å². The molecule has 9 heteroatoms. The summed E-state index contributed by atoms with van der Waals surface area (Å²) in [5.41, 5.74) is 2.84. The Hall–Kier alpha value is -2.97. The number of aromatic nitrogens is 5. The molecular formula is C27H40N8O. The molecule has 1 N–H and O–H groups in total. The van der Waals surface area contributed by atoms with E-state index >= 15 is 0 Å². The van der Waals surface area contributed by atoms with Crippen LogP contribution in [-0.4, -0.2) is 67.8 Å². The number of rotatable bonds is 8. The number of nitrogens with zero attached hydrogens (tertiary/aromatic N) is 7. The second kappa shape index (κ2) is 9.48. The highest BCUT2D eigenvalue weighted by Gasteiger charge is 2.49. The van der Waals surface area contributed by atoms with Crippen LogP contribution in [-0.2, 0) is 24.2 Å². The first-order valence-corrected chi connectivity index (χ1v) is 13.3. The monoisotopic (exact) mass is 492 g/mol. The maximum atomic E-state index is 12.0. The molecule has 2 fully saturated rings. The quantitative estimate of drug-likeness (QED) is 0.565.